The van der Waals surface area contributed by atoms with Gasteiger partial charge in [0.2, 0.25) is 5.91 Å². The molecule has 1 saturated heterocycles. The number of ether oxygens (including phenoxy) is 1. The molecule has 2 aliphatic rings. The fourth-order valence-electron chi connectivity index (χ4n) is 2.86. The number of nitrogens with zero attached hydrogens (tertiary/aromatic N) is 1. The quantitative estimate of drug-likeness (QED) is 0.807. The topological polar surface area (TPSA) is 87.1 Å². The van der Waals surface area contributed by atoms with E-state index in [1.165, 1.54) is 4.90 Å². The molecule has 106 valence electrons. The summed E-state index contributed by atoms with van der Waals surface area (Å²) in [5.41, 5.74) is 0.781. The molecule has 2 aliphatic heterocycles. The average Bonchev–Trinajstić information content (AvgIpc) is 3.01. The van der Waals surface area contributed by atoms with Crippen molar-refractivity contribution in [2.45, 2.75) is 24.5 Å². The maximum absolute atomic E-state index is 12.5. The predicted octanol–water partition coefficient (Wildman–Crippen LogP) is 0.209. The van der Waals surface area contributed by atoms with Crippen LogP contribution in [0.2, 0.25) is 0 Å². The van der Waals surface area contributed by atoms with Gasteiger partial charge in [-0.05, 0) is 6.07 Å². The lowest BCUT2D eigenvalue weighted by Crippen LogP contribution is -2.43. The van der Waals surface area contributed by atoms with Gasteiger partial charge in [-0.15, -0.1) is 0 Å². The van der Waals surface area contributed by atoms with Crippen molar-refractivity contribution >= 4 is 11.9 Å². The Labute approximate surface area is 115 Å². The minimum Gasteiger partial charge on any atom is -0.492 e. The first kappa shape index (κ1) is 12.9. The lowest BCUT2D eigenvalue weighted by molar-refractivity contribution is -0.148. The van der Waals surface area contributed by atoms with Crippen molar-refractivity contribution in [1.29, 1.82) is 0 Å². The summed E-state index contributed by atoms with van der Waals surface area (Å²) in [5.74, 6) is -1.20. The zero-order valence-electron chi connectivity index (χ0n) is 10.7. The molecule has 3 atom stereocenters. The second-order valence-corrected chi connectivity index (χ2v) is 5.14. The van der Waals surface area contributed by atoms with Crippen molar-refractivity contribution in [3.8, 4) is 5.75 Å². The first-order valence-electron chi connectivity index (χ1n) is 6.51. The molecule has 1 fully saturated rings. The third kappa shape index (κ3) is 2.02. The molecule has 1 aromatic carbocycles. The van der Waals surface area contributed by atoms with E-state index in [1.807, 2.05) is 18.2 Å². The number of amides is 1. The van der Waals surface area contributed by atoms with Crippen molar-refractivity contribution < 1.29 is 24.5 Å². The SMILES string of the molecule is O=C(O)C1CC(O)CN1C(=O)C1COc2ccccc21. The Balaban J connectivity index is 1.85. The van der Waals surface area contributed by atoms with Crippen molar-refractivity contribution in [2.75, 3.05) is 13.2 Å². The lowest BCUT2D eigenvalue weighted by Gasteiger charge is -2.24. The van der Waals surface area contributed by atoms with E-state index < -0.39 is 24.0 Å². The van der Waals surface area contributed by atoms with Gasteiger partial charge in [0.25, 0.3) is 0 Å². The Morgan fingerprint density at radius 1 is 1.30 bits per heavy atom. The predicted molar refractivity (Wildman–Crippen MR) is 68.4 cm³/mol. The number of para-hydroxylation sites is 1. The van der Waals surface area contributed by atoms with Gasteiger partial charge in [-0.1, -0.05) is 18.2 Å². The maximum Gasteiger partial charge on any atom is 0.326 e. The van der Waals surface area contributed by atoms with Gasteiger partial charge in [0, 0.05) is 18.5 Å². The number of aliphatic hydroxyl groups is 1. The van der Waals surface area contributed by atoms with Gasteiger partial charge < -0.3 is 19.8 Å². The van der Waals surface area contributed by atoms with E-state index in [2.05, 4.69) is 0 Å². The van der Waals surface area contributed by atoms with Crippen LogP contribution in [0.5, 0.6) is 5.75 Å². The standard InChI is InChI=1S/C14H15NO5/c16-8-5-11(14(18)19)15(6-8)13(17)10-7-20-12-4-2-1-3-9(10)12/h1-4,8,10-11,16H,5-7H2,(H,18,19). The van der Waals surface area contributed by atoms with E-state index >= 15 is 0 Å². The van der Waals surface area contributed by atoms with Gasteiger partial charge in [0.1, 0.15) is 24.3 Å². The number of carbonyl (C=O) groups is 2. The summed E-state index contributed by atoms with van der Waals surface area (Å²) in [5, 5.41) is 18.8. The number of aliphatic carboxylic acids is 1. The number of likely N-dealkylation sites (tertiary alicyclic amines) is 1. The molecular weight excluding hydrogens is 262 g/mol. The zero-order chi connectivity index (χ0) is 14.3. The van der Waals surface area contributed by atoms with Crippen LogP contribution in [0.4, 0.5) is 0 Å². The Hall–Kier alpha value is -2.08. The number of aliphatic hydroxyl groups excluding tert-OH is 1. The Kier molecular flexibility index (Phi) is 3.10. The number of carboxylic acid groups (broad SMARTS) is 1. The molecule has 1 aromatic rings. The number of rotatable bonds is 2. The van der Waals surface area contributed by atoms with E-state index in [0.717, 1.165) is 5.56 Å². The van der Waals surface area contributed by atoms with Crippen LogP contribution in [0.3, 0.4) is 0 Å². The molecule has 0 radical (unpaired) electrons. The van der Waals surface area contributed by atoms with Crippen LogP contribution < -0.4 is 4.74 Å². The molecule has 20 heavy (non-hydrogen) atoms. The van der Waals surface area contributed by atoms with Crippen LogP contribution in [-0.2, 0) is 9.59 Å². The van der Waals surface area contributed by atoms with Gasteiger partial charge in [-0.2, -0.15) is 0 Å². The summed E-state index contributed by atoms with van der Waals surface area (Å²) < 4.78 is 5.46. The van der Waals surface area contributed by atoms with E-state index in [9.17, 15) is 14.7 Å². The van der Waals surface area contributed by atoms with Gasteiger partial charge >= 0.3 is 5.97 Å². The number of carbonyl (C=O) groups excluding carboxylic acids is 1. The Morgan fingerprint density at radius 2 is 2.05 bits per heavy atom. The van der Waals surface area contributed by atoms with Crippen LogP contribution in [0.15, 0.2) is 24.3 Å². The monoisotopic (exact) mass is 277 g/mol. The van der Waals surface area contributed by atoms with E-state index in [1.54, 1.807) is 6.07 Å². The molecule has 6 nitrogen and oxygen atoms in total. The van der Waals surface area contributed by atoms with Gasteiger partial charge in [0.15, 0.2) is 0 Å². The summed E-state index contributed by atoms with van der Waals surface area (Å²) in [6.07, 6.45) is -0.700. The average molecular weight is 277 g/mol. The number of hydrogen-bond donors (Lipinski definition) is 2. The largest absolute Gasteiger partial charge is 0.492 e. The zero-order valence-corrected chi connectivity index (χ0v) is 10.7. The molecule has 0 spiro atoms. The molecule has 3 unspecified atom stereocenters. The highest BCUT2D eigenvalue weighted by molar-refractivity contribution is 5.90. The number of carboxylic acids is 1. The summed E-state index contributed by atoms with van der Waals surface area (Å²) in [4.78, 5) is 25.0. The smallest absolute Gasteiger partial charge is 0.326 e. The van der Waals surface area contributed by atoms with Crippen molar-refractivity contribution in [2.24, 2.45) is 0 Å². The molecular formula is C14H15NO5. The van der Waals surface area contributed by atoms with Gasteiger partial charge in [0.05, 0.1) is 6.10 Å². The van der Waals surface area contributed by atoms with Crippen LogP contribution in [0.1, 0.15) is 17.9 Å². The summed E-state index contributed by atoms with van der Waals surface area (Å²) in [6, 6.07) is 6.29. The number of β-amino-alcohol motifs (C(OH)–C–C–N with tert-alkyl or cyclic N) is 1. The Bertz CT molecular complexity index is 558. The van der Waals surface area contributed by atoms with E-state index in [0.29, 0.717) is 5.75 Å². The third-order valence-corrected chi connectivity index (χ3v) is 3.85. The van der Waals surface area contributed by atoms with Crippen LogP contribution in [0, 0.1) is 0 Å². The van der Waals surface area contributed by atoms with Gasteiger partial charge in [-0.25, -0.2) is 4.79 Å². The van der Waals surface area contributed by atoms with Crippen LogP contribution >= 0.6 is 0 Å². The summed E-state index contributed by atoms with van der Waals surface area (Å²) >= 11 is 0. The van der Waals surface area contributed by atoms with Crippen molar-refractivity contribution in [3.63, 3.8) is 0 Å². The first-order valence-corrected chi connectivity index (χ1v) is 6.51. The molecule has 0 saturated carbocycles. The van der Waals surface area contributed by atoms with Crippen LogP contribution in [0.25, 0.3) is 0 Å². The highest BCUT2D eigenvalue weighted by Crippen LogP contribution is 2.36. The lowest BCUT2D eigenvalue weighted by atomic mass is 9.99. The van der Waals surface area contributed by atoms with Crippen molar-refractivity contribution in [1.82, 2.24) is 4.90 Å². The summed E-state index contributed by atoms with van der Waals surface area (Å²) in [6.45, 7) is 0.283. The fourth-order valence-corrected chi connectivity index (χ4v) is 2.86. The third-order valence-electron chi connectivity index (χ3n) is 3.85. The summed E-state index contributed by atoms with van der Waals surface area (Å²) in [7, 11) is 0. The molecule has 0 aromatic heterocycles. The number of benzene rings is 1. The maximum atomic E-state index is 12.5. The van der Waals surface area contributed by atoms with Gasteiger partial charge in [-0.3, -0.25) is 4.79 Å². The Morgan fingerprint density at radius 3 is 2.80 bits per heavy atom. The second kappa shape index (κ2) is 4.79. The number of fused-ring (bicyclic) bond motifs is 1. The minimum absolute atomic E-state index is 0.0640. The molecule has 0 aliphatic carbocycles. The van der Waals surface area contributed by atoms with Crippen LogP contribution in [-0.4, -0.2) is 52.3 Å². The molecule has 2 N–H and O–H groups in total. The fraction of sp³-hybridized carbons (Fsp3) is 0.429. The highest BCUT2D eigenvalue weighted by Gasteiger charge is 2.43. The molecule has 3 rings (SSSR count). The minimum atomic E-state index is -1.08. The first-order chi connectivity index (χ1) is 9.58. The molecule has 1 amide bonds. The van der Waals surface area contributed by atoms with E-state index in [-0.39, 0.29) is 25.5 Å². The second-order valence-electron chi connectivity index (χ2n) is 5.14. The molecule has 0 bridgehead atoms. The molecule has 2 heterocycles. The highest BCUT2D eigenvalue weighted by atomic mass is 16.5. The van der Waals surface area contributed by atoms with E-state index in [4.69, 9.17) is 9.84 Å². The molecule has 6 heteroatoms. The normalized spacial score (nSPS) is 28.1. The van der Waals surface area contributed by atoms with Crippen molar-refractivity contribution in [3.05, 3.63) is 29.8 Å². The number of hydrogen-bond acceptors (Lipinski definition) is 4.